The maximum Gasteiger partial charge on any atom is 0.244 e. The molecular weight excluding hydrogens is 292 g/mol. The molecule has 1 heterocycles. The van der Waals surface area contributed by atoms with E-state index in [-0.39, 0.29) is 12.0 Å². The van der Waals surface area contributed by atoms with E-state index in [0.29, 0.717) is 18.9 Å². The molecule has 5 nitrogen and oxygen atoms in total. The van der Waals surface area contributed by atoms with Crippen LogP contribution in [0.3, 0.4) is 0 Å². The molecule has 23 heavy (non-hydrogen) atoms. The van der Waals surface area contributed by atoms with E-state index in [0.717, 1.165) is 11.3 Å². The molecule has 2 aromatic carbocycles. The first-order chi connectivity index (χ1) is 11.1. The highest BCUT2D eigenvalue weighted by atomic mass is 16.6. The smallest absolute Gasteiger partial charge is 0.244 e. The van der Waals surface area contributed by atoms with Gasteiger partial charge < -0.3 is 20.5 Å². The minimum absolute atomic E-state index is 0.236. The van der Waals surface area contributed by atoms with Crippen LogP contribution in [0.25, 0.3) is 0 Å². The van der Waals surface area contributed by atoms with Crippen LogP contribution >= 0.6 is 0 Å². The third kappa shape index (κ3) is 3.29. The van der Waals surface area contributed by atoms with Gasteiger partial charge in [-0.3, -0.25) is 4.79 Å². The van der Waals surface area contributed by atoms with Gasteiger partial charge in [0, 0.05) is 0 Å². The van der Waals surface area contributed by atoms with Gasteiger partial charge in [0.15, 0.2) is 11.5 Å². The second-order valence-electron chi connectivity index (χ2n) is 5.78. The lowest BCUT2D eigenvalue weighted by Gasteiger charge is -2.29. The molecule has 1 aliphatic heterocycles. The molecule has 0 bridgehead atoms. The molecule has 0 aliphatic carbocycles. The molecule has 3 N–H and O–H groups in total. The monoisotopic (exact) mass is 312 g/mol. The summed E-state index contributed by atoms with van der Waals surface area (Å²) in [6.07, 6.45) is -0.236. The lowest BCUT2D eigenvalue weighted by Crippen LogP contribution is -2.52. The highest BCUT2D eigenvalue weighted by Gasteiger charge is 2.31. The standard InChI is InChI=1S/C18H20N2O3/c1-18(19,13-7-3-2-4-8-13)17(21)20-11-14-12-22-15-9-5-6-10-16(15)23-14/h2-10,14H,11-12,19H2,1H3,(H,20,21). The molecule has 0 spiro atoms. The molecule has 5 heteroatoms. The number of amides is 1. The molecule has 2 aromatic rings. The Bertz CT molecular complexity index is 686. The van der Waals surface area contributed by atoms with Gasteiger partial charge in [0.2, 0.25) is 5.91 Å². The molecule has 3 rings (SSSR count). The van der Waals surface area contributed by atoms with E-state index in [9.17, 15) is 4.79 Å². The predicted octanol–water partition coefficient (Wildman–Crippen LogP) is 1.82. The van der Waals surface area contributed by atoms with Crippen molar-refractivity contribution >= 4 is 5.91 Å². The summed E-state index contributed by atoms with van der Waals surface area (Å²) >= 11 is 0. The van der Waals surface area contributed by atoms with Gasteiger partial charge in [0.05, 0.1) is 6.54 Å². The lowest BCUT2D eigenvalue weighted by molar-refractivity contribution is -0.126. The van der Waals surface area contributed by atoms with Gasteiger partial charge in [0.25, 0.3) is 0 Å². The summed E-state index contributed by atoms with van der Waals surface area (Å²) in [6.45, 7) is 2.43. The highest BCUT2D eigenvalue weighted by molar-refractivity contribution is 5.87. The van der Waals surface area contributed by atoms with E-state index in [1.54, 1.807) is 6.92 Å². The van der Waals surface area contributed by atoms with Crippen molar-refractivity contribution < 1.29 is 14.3 Å². The molecule has 2 atom stereocenters. The number of ether oxygens (including phenoxy) is 2. The molecule has 0 saturated heterocycles. The maximum absolute atomic E-state index is 12.4. The molecule has 0 radical (unpaired) electrons. The summed E-state index contributed by atoms with van der Waals surface area (Å²) in [5.74, 6) is 1.17. The van der Waals surface area contributed by atoms with Crippen LogP contribution < -0.4 is 20.5 Å². The number of nitrogens with two attached hydrogens (primary N) is 1. The fourth-order valence-corrected chi connectivity index (χ4v) is 2.47. The van der Waals surface area contributed by atoms with Gasteiger partial charge in [0.1, 0.15) is 18.2 Å². The average Bonchev–Trinajstić information content (AvgIpc) is 2.60. The largest absolute Gasteiger partial charge is 0.486 e. The average molecular weight is 312 g/mol. The second-order valence-corrected chi connectivity index (χ2v) is 5.78. The zero-order chi connectivity index (χ0) is 16.3. The summed E-state index contributed by atoms with van der Waals surface area (Å²) in [5, 5.41) is 2.85. The number of rotatable bonds is 4. The third-order valence-electron chi connectivity index (χ3n) is 3.90. The van der Waals surface area contributed by atoms with Crippen LogP contribution in [0.2, 0.25) is 0 Å². The Kier molecular flexibility index (Phi) is 4.21. The molecule has 1 aliphatic rings. The van der Waals surface area contributed by atoms with Gasteiger partial charge in [-0.25, -0.2) is 0 Å². The highest BCUT2D eigenvalue weighted by Crippen LogP contribution is 2.30. The van der Waals surface area contributed by atoms with Crippen LogP contribution in [0.4, 0.5) is 0 Å². The first-order valence-corrected chi connectivity index (χ1v) is 7.58. The van der Waals surface area contributed by atoms with E-state index in [4.69, 9.17) is 15.2 Å². The molecule has 120 valence electrons. The van der Waals surface area contributed by atoms with Crippen molar-refractivity contribution in [2.45, 2.75) is 18.6 Å². The van der Waals surface area contributed by atoms with Gasteiger partial charge in [-0.15, -0.1) is 0 Å². The number of benzene rings is 2. The fourth-order valence-electron chi connectivity index (χ4n) is 2.47. The number of hydrogen-bond donors (Lipinski definition) is 2. The number of nitrogens with one attached hydrogen (secondary N) is 1. The van der Waals surface area contributed by atoms with Crippen molar-refractivity contribution in [1.29, 1.82) is 0 Å². The van der Waals surface area contributed by atoms with E-state index >= 15 is 0 Å². The van der Waals surface area contributed by atoms with Crippen LogP contribution in [0, 0.1) is 0 Å². The predicted molar refractivity (Wildman–Crippen MR) is 87.3 cm³/mol. The van der Waals surface area contributed by atoms with Crippen LogP contribution in [0.15, 0.2) is 54.6 Å². The first kappa shape index (κ1) is 15.4. The number of carbonyl (C=O) groups is 1. The summed E-state index contributed by atoms with van der Waals surface area (Å²) in [4.78, 5) is 12.4. The van der Waals surface area contributed by atoms with Crippen molar-refractivity contribution in [3.63, 3.8) is 0 Å². The second kappa shape index (κ2) is 6.30. The fraction of sp³-hybridized carbons (Fsp3) is 0.278. The minimum atomic E-state index is -1.09. The van der Waals surface area contributed by atoms with E-state index < -0.39 is 5.54 Å². The Morgan fingerprint density at radius 2 is 1.83 bits per heavy atom. The van der Waals surface area contributed by atoms with Crippen molar-refractivity contribution in [3.8, 4) is 11.5 Å². The molecule has 0 aromatic heterocycles. The molecule has 0 fully saturated rings. The summed E-state index contributed by atoms with van der Waals surface area (Å²) in [6, 6.07) is 16.8. The molecule has 2 unspecified atom stereocenters. The molecule has 1 amide bonds. The van der Waals surface area contributed by atoms with Crippen molar-refractivity contribution in [1.82, 2.24) is 5.32 Å². The molecule has 0 saturated carbocycles. The topological polar surface area (TPSA) is 73.6 Å². The van der Waals surface area contributed by atoms with Crippen LogP contribution in [-0.2, 0) is 10.3 Å². The molecular formula is C18H20N2O3. The van der Waals surface area contributed by atoms with Crippen LogP contribution in [-0.4, -0.2) is 25.2 Å². The first-order valence-electron chi connectivity index (χ1n) is 7.58. The normalized spacial score (nSPS) is 18.8. The van der Waals surface area contributed by atoms with Gasteiger partial charge >= 0.3 is 0 Å². The number of para-hydroxylation sites is 2. The lowest BCUT2D eigenvalue weighted by atomic mass is 9.92. The third-order valence-corrected chi connectivity index (χ3v) is 3.90. The van der Waals surface area contributed by atoms with Crippen LogP contribution in [0.5, 0.6) is 11.5 Å². The minimum Gasteiger partial charge on any atom is -0.486 e. The SMILES string of the molecule is CC(N)(C(=O)NCC1COc2ccccc2O1)c1ccccc1. The van der Waals surface area contributed by atoms with Crippen LogP contribution in [0.1, 0.15) is 12.5 Å². The van der Waals surface area contributed by atoms with Crippen molar-refractivity contribution in [3.05, 3.63) is 60.2 Å². The zero-order valence-electron chi connectivity index (χ0n) is 13.0. The number of carbonyl (C=O) groups excluding carboxylic acids is 1. The Balaban J connectivity index is 1.60. The Hall–Kier alpha value is -2.53. The zero-order valence-corrected chi connectivity index (χ0v) is 13.0. The summed E-state index contributed by atoms with van der Waals surface area (Å²) < 4.78 is 11.5. The number of hydrogen-bond acceptors (Lipinski definition) is 4. The van der Waals surface area contributed by atoms with Crippen molar-refractivity contribution in [2.24, 2.45) is 5.73 Å². The Morgan fingerprint density at radius 3 is 2.57 bits per heavy atom. The van der Waals surface area contributed by atoms with E-state index in [1.165, 1.54) is 0 Å². The van der Waals surface area contributed by atoms with Gasteiger partial charge in [-0.2, -0.15) is 0 Å². The Labute approximate surface area is 135 Å². The number of fused-ring (bicyclic) bond motifs is 1. The van der Waals surface area contributed by atoms with Gasteiger partial charge in [-0.05, 0) is 24.6 Å². The van der Waals surface area contributed by atoms with Crippen molar-refractivity contribution in [2.75, 3.05) is 13.2 Å². The maximum atomic E-state index is 12.4. The quantitative estimate of drug-likeness (QED) is 0.903. The summed E-state index contributed by atoms with van der Waals surface area (Å²) in [7, 11) is 0. The van der Waals surface area contributed by atoms with E-state index in [2.05, 4.69) is 5.32 Å². The van der Waals surface area contributed by atoms with E-state index in [1.807, 2.05) is 54.6 Å². The Morgan fingerprint density at radius 1 is 1.17 bits per heavy atom. The summed E-state index contributed by atoms with van der Waals surface area (Å²) in [5.41, 5.74) is 5.87. The van der Waals surface area contributed by atoms with Gasteiger partial charge in [-0.1, -0.05) is 42.5 Å².